The molecule has 1 aliphatic rings. The van der Waals surface area contributed by atoms with Gasteiger partial charge in [-0.1, -0.05) is 22.9 Å². The summed E-state index contributed by atoms with van der Waals surface area (Å²) >= 11 is 0. The van der Waals surface area contributed by atoms with E-state index in [-0.39, 0.29) is 11.3 Å². The Hall–Kier alpha value is -1.93. The van der Waals surface area contributed by atoms with Gasteiger partial charge in [-0.25, -0.2) is 4.79 Å². The second-order valence-corrected chi connectivity index (χ2v) is 6.48. The van der Waals surface area contributed by atoms with Gasteiger partial charge < -0.3 is 9.57 Å². The summed E-state index contributed by atoms with van der Waals surface area (Å²) in [5.41, 5.74) is 1.28. The molecule has 7 nitrogen and oxygen atoms in total. The van der Waals surface area contributed by atoms with Gasteiger partial charge in [0.2, 0.25) is 6.10 Å². The number of methoxy groups -OCH3 is 1. The SMILES string of the molecule is COC(=O)[C@H]1CC([C@H](C)OS(=O)(=O)c2ccc(C)cc2)=NO1. The summed E-state index contributed by atoms with van der Waals surface area (Å²) in [6.45, 7) is 3.39. The van der Waals surface area contributed by atoms with Crippen molar-refractivity contribution in [1.29, 1.82) is 0 Å². The maximum atomic E-state index is 12.2. The molecule has 1 aromatic carbocycles. The van der Waals surface area contributed by atoms with Gasteiger partial charge in [0.15, 0.2) is 0 Å². The molecule has 0 aromatic heterocycles. The molecule has 1 aliphatic heterocycles. The highest BCUT2D eigenvalue weighted by Gasteiger charge is 2.33. The van der Waals surface area contributed by atoms with E-state index in [1.54, 1.807) is 12.1 Å². The number of ether oxygens (including phenoxy) is 1. The lowest BCUT2D eigenvalue weighted by molar-refractivity contribution is -0.152. The topological polar surface area (TPSA) is 91.3 Å². The van der Waals surface area contributed by atoms with E-state index in [1.807, 2.05) is 6.92 Å². The van der Waals surface area contributed by atoms with E-state index in [0.717, 1.165) is 5.56 Å². The number of carbonyl (C=O) groups is 1. The van der Waals surface area contributed by atoms with Crippen molar-refractivity contribution in [2.24, 2.45) is 5.16 Å². The first kappa shape index (κ1) is 16.4. The van der Waals surface area contributed by atoms with E-state index >= 15 is 0 Å². The van der Waals surface area contributed by atoms with Crippen LogP contribution in [0.15, 0.2) is 34.3 Å². The maximum Gasteiger partial charge on any atom is 0.350 e. The van der Waals surface area contributed by atoms with Gasteiger partial charge in [0.1, 0.15) is 6.10 Å². The number of rotatable bonds is 5. The number of esters is 1. The van der Waals surface area contributed by atoms with Gasteiger partial charge >= 0.3 is 5.97 Å². The molecule has 0 saturated carbocycles. The zero-order chi connectivity index (χ0) is 16.3. The number of benzene rings is 1. The standard InChI is InChI=1S/C14H17NO6S/c1-9-4-6-11(7-5-9)22(17,18)21-10(2)12-8-13(20-15-12)14(16)19-3/h4-7,10,13H,8H2,1-3H3/t10-,13+/m0/s1. The minimum absolute atomic E-state index is 0.0639. The molecule has 22 heavy (non-hydrogen) atoms. The van der Waals surface area contributed by atoms with Crippen LogP contribution >= 0.6 is 0 Å². The molecule has 0 N–H and O–H groups in total. The minimum atomic E-state index is -3.91. The molecule has 0 bridgehead atoms. The molecule has 2 atom stereocenters. The summed E-state index contributed by atoms with van der Waals surface area (Å²) in [5, 5.41) is 3.70. The summed E-state index contributed by atoms with van der Waals surface area (Å²) in [4.78, 5) is 16.3. The van der Waals surface area contributed by atoms with E-state index in [4.69, 9.17) is 9.02 Å². The van der Waals surface area contributed by atoms with Crippen LogP contribution in [0.3, 0.4) is 0 Å². The molecular formula is C14H17NO6S. The van der Waals surface area contributed by atoms with Crippen LogP contribution in [0.5, 0.6) is 0 Å². The van der Waals surface area contributed by atoms with Crippen LogP contribution in [0.4, 0.5) is 0 Å². The fraction of sp³-hybridized carbons (Fsp3) is 0.429. The quantitative estimate of drug-likeness (QED) is 0.600. The van der Waals surface area contributed by atoms with Crippen molar-refractivity contribution in [2.75, 3.05) is 7.11 Å². The van der Waals surface area contributed by atoms with E-state index in [9.17, 15) is 13.2 Å². The van der Waals surface area contributed by atoms with Crippen molar-refractivity contribution in [1.82, 2.24) is 0 Å². The van der Waals surface area contributed by atoms with Gasteiger partial charge in [-0.2, -0.15) is 8.42 Å². The van der Waals surface area contributed by atoms with E-state index in [0.29, 0.717) is 5.71 Å². The average molecular weight is 327 g/mol. The number of nitrogens with zero attached hydrogens (tertiary/aromatic N) is 1. The second-order valence-electron chi connectivity index (χ2n) is 4.91. The maximum absolute atomic E-state index is 12.2. The predicted molar refractivity (Wildman–Crippen MR) is 77.9 cm³/mol. The van der Waals surface area contributed by atoms with Gasteiger partial charge in [-0.05, 0) is 26.0 Å². The first-order valence-electron chi connectivity index (χ1n) is 6.64. The third kappa shape index (κ3) is 3.63. The van der Waals surface area contributed by atoms with Crippen LogP contribution in [0.25, 0.3) is 0 Å². The fourth-order valence-electron chi connectivity index (χ4n) is 1.90. The lowest BCUT2D eigenvalue weighted by Crippen LogP contribution is -2.27. The molecule has 0 aliphatic carbocycles. The summed E-state index contributed by atoms with van der Waals surface area (Å²) < 4.78 is 34.0. The van der Waals surface area contributed by atoms with Gasteiger partial charge in [0, 0.05) is 6.42 Å². The Labute approximate surface area is 129 Å². The third-order valence-corrected chi connectivity index (χ3v) is 4.60. The number of hydrogen-bond acceptors (Lipinski definition) is 7. The van der Waals surface area contributed by atoms with Crippen molar-refractivity contribution in [2.45, 2.75) is 37.4 Å². The van der Waals surface area contributed by atoms with E-state index < -0.39 is 28.3 Å². The first-order valence-corrected chi connectivity index (χ1v) is 8.04. The Bertz CT molecular complexity index is 680. The molecule has 2 rings (SSSR count). The summed E-state index contributed by atoms with van der Waals surface area (Å²) in [6.07, 6.45) is -1.55. The molecular weight excluding hydrogens is 310 g/mol. The Morgan fingerprint density at radius 2 is 2.00 bits per heavy atom. The fourth-order valence-corrected chi connectivity index (χ4v) is 2.97. The smallest absolute Gasteiger partial charge is 0.350 e. The summed E-state index contributed by atoms with van der Waals surface area (Å²) in [5.74, 6) is -0.563. The molecule has 0 unspecified atom stereocenters. The van der Waals surface area contributed by atoms with Crippen molar-refractivity contribution in [3.8, 4) is 0 Å². The molecule has 1 aromatic rings. The van der Waals surface area contributed by atoms with Crippen molar-refractivity contribution in [3.05, 3.63) is 29.8 Å². The average Bonchev–Trinajstić information content (AvgIpc) is 2.96. The molecule has 1 heterocycles. The second kappa shape index (κ2) is 6.45. The van der Waals surface area contributed by atoms with E-state index in [1.165, 1.54) is 26.2 Å². The molecule has 0 saturated heterocycles. The highest BCUT2D eigenvalue weighted by atomic mass is 32.2. The van der Waals surface area contributed by atoms with Gasteiger partial charge in [-0.15, -0.1) is 0 Å². The minimum Gasteiger partial charge on any atom is -0.466 e. The summed E-state index contributed by atoms with van der Waals surface area (Å²) in [6, 6.07) is 6.32. The number of hydrogen-bond donors (Lipinski definition) is 0. The largest absolute Gasteiger partial charge is 0.466 e. The van der Waals surface area contributed by atoms with Crippen LogP contribution in [0.2, 0.25) is 0 Å². The van der Waals surface area contributed by atoms with Crippen molar-refractivity contribution >= 4 is 21.8 Å². The van der Waals surface area contributed by atoms with Crippen LogP contribution < -0.4 is 0 Å². The Morgan fingerprint density at radius 3 is 2.59 bits per heavy atom. The van der Waals surface area contributed by atoms with Crippen LogP contribution in [0.1, 0.15) is 18.9 Å². The van der Waals surface area contributed by atoms with Crippen LogP contribution in [0, 0.1) is 6.92 Å². The number of aryl methyl sites for hydroxylation is 1. The molecule has 0 amide bonds. The van der Waals surface area contributed by atoms with Crippen molar-refractivity contribution in [3.63, 3.8) is 0 Å². The molecule has 8 heteroatoms. The normalized spacial score (nSPS) is 19.2. The molecule has 0 radical (unpaired) electrons. The summed E-state index contributed by atoms with van der Waals surface area (Å²) in [7, 11) is -2.67. The third-order valence-electron chi connectivity index (χ3n) is 3.21. The van der Waals surface area contributed by atoms with Crippen LogP contribution in [-0.2, 0) is 28.7 Å². The monoisotopic (exact) mass is 327 g/mol. The van der Waals surface area contributed by atoms with Crippen LogP contribution in [-0.4, -0.2) is 39.4 Å². The highest BCUT2D eigenvalue weighted by Crippen LogP contribution is 2.20. The first-order chi connectivity index (χ1) is 10.3. The molecule has 0 spiro atoms. The lowest BCUT2D eigenvalue weighted by atomic mass is 10.1. The Morgan fingerprint density at radius 1 is 1.36 bits per heavy atom. The lowest BCUT2D eigenvalue weighted by Gasteiger charge is -2.12. The zero-order valence-corrected chi connectivity index (χ0v) is 13.3. The predicted octanol–water partition coefficient (Wildman–Crippen LogP) is 1.41. The molecule has 0 fully saturated rings. The van der Waals surface area contributed by atoms with Gasteiger partial charge in [0.05, 0.1) is 17.7 Å². The zero-order valence-electron chi connectivity index (χ0n) is 12.5. The number of oxime groups is 1. The Kier molecular flexibility index (Phi) is 4.82. The van der Waals surface area contributed by atoms with Gasteiger partial charge in [0.25, 0.3) is 10.1 Å². The van der Waals surface area contributed by atoms with E-state index in [2.05, 4.69) is 9.89 Å². The van der Waals surface area contributed by atoms with Crippen molar-refractivity contribution < 1.29 is 27.0 Å². The highest BCUT2D eigenvalue weighted by molar-refractivity contribution is 7.86. The Balaban J connectivity index is 2.04. The van der Waals surface area contributed by atoms with Gasteiger partial charge in [-0.3, -0.25) is 4.18 Å². The molecule has 120 valence electrons. The number of carbonyl (C=O) groups excluding carboxylic acids is 1.